The number of carbonyl (C=O) groups is 1. The Morgan fingerprint density at radius 1 is 1.37 bits per heavy atom. The second kappa shape index (κ2) is 8.08. The molecule has 0 aromatic rings. The van der Waals surface area contributed by atoms with Crippen LogP contribution in [0.5, 0.6) is 0 Å². The molecular weight excluding hydrogens is 264 g/mol. The maximum absolute atomic E-state index is 12.2. The van der Waals surface area contributed by atoms with E-state index in [1.807, 2.05) is 0 Å². The van der Waals surface area contributed by atoms with Gasteiger partial charge in [-0.3, -0.25) is 4.79 Å². The Hall–Kier alpha value is -0.320. The van der Waals surface area contributed by atoms with Crippen molar-refractivity contribution in [1.29, 1.82) is 0 Å². The first-order valence-corrected chi connectivity index (χ1v) is 7.42. The number of nitrogens with one attached hydrogen (secondary N) is 2. The molecule has 4 nitrogen and oxygen atoms in total. The molecule has 112 valence electrons. The summed E-state index contributed by atoms with van der Waals surface area (Å²) in [6.07, 6.45) is 8.32. The molecule has 0 aromatic carbocycles. The highest BCUT2D eigenvalue weighted by molar-refractivity contribution is 5.86. The highest BCUT2D eigenvalue weighted by Crippen LogP contribution is 2.23. The molecule has 2 fully saturated rings. The molecule has 1 aliphatic heterocycles. The molecule has 1 amide bonds. The van der Waals surface area contributed by atoms with Crippen molar-refractivity contribution in [1.82, 2.24) is 10.6 Å². The van der Waals surface area contributed by atoms with Crippen LogP contribution in [-0.2, 0) is 9.53 Å². The third-order valence-corrected chi connectivity index (χ3v) is 4.33. The molecule has 1 saturated carbocycles. The van der Waals surface area contributed by atoms with Crippen LogP contribution in [0.25, 0.3) is 0 Å². The highest BCUT2D eigenvalue weighted by atomic mass is 35.5. The van der Waals surface area contributed by atoms with Crippen LogP contribution in [0.2, 0.25) is 0 Å². The van der Waals surface area contributed by atoms with Crippen molar-refractivity contribution >= 4 is 18.3 Å². The van der Waals surface area contributed by atoms with Gasteiger partial charge in [-0.15, -0.1) is 12.4 Å². The maximum atomic E-state index is 12.2. The largest absolute Gasteiger partial charge is 0.376 e. The van der Waals surface area contributed by atoms with Crippen LogP contribution >= 0.6 is 12.4 Å². The predicted octanol–water partition coefficient (Wildman–Crippen LogP) is 2.02. The minimum Gasteiger partial charge on any atom is -0.376 e. The summed E-state index contributed by atoms with van der Waals surface area (Å²) in [5.74, 6) is 0.150. The van der Waals surface area contributed by atoms with Crippen LogP contribution in [-0.4, -0.2) is 37.2 Å². The minimum atomic E-state index is -0.312. The Balaban J connectivity index is 0.00000180. The number of carbonyl (C=O) groups excluding carboxylic acids is 1. The number of rotatable bonds is 6. The summed E-state index contributed by atoms with van der Waals surface area (Å²) in [5, 5.41) is 6.36. The van der Waals surface area contributed by atoms with Gasteiger partial charge in [0, 0.05) is 6.54 Å². The van der Waals surface area contributed by atoms with E-state index in [0.717, 1.165) is 25.8 Å². The quantitative estimate of drug-likeness (QED) is 0.736. The fraction of sp³-hybridized carbons (Fsp3) is 0.929. The molecular formula is C14H27ClN2O2. The van der Waals surface area contributed by atoms with Crippen molar-refractivity contribution in [2.24, 2.45) is 0 Å². The van der Waals surface area contributed by atoms with Gasteiger partial charge in [0.1, 0.15) is 0 Å². The number of amides is 1. The van der Waals surface area contributed by atoms with E-state index >= 15 is 0 Å². The first-order chi connectivity index (χ1) is 8.77. The molecule has 1 saturated heterocycles. The van der Waals surface area contributed by atoms with Gasteiger partial charge in [-0.1, -0.05) is 19.8 Å². The van der Waals surface area contributed by atoms with Gasteiger partial charge in [0.15, 0.2) is 0 Å². The SMILES string of the molecule is CCC1(C(=O)NCCOC2CCCC2)CCCN1.Cl. The van der Waals surface area contributed by atoms with Crippen LogP contribution < -0.4 is 10.6 Å². The van der Waals surface area contributed by atoms with Crippen LogP contribution in [0.3, 0.4) is 0 Å². The van der Waals surface area contributed by atoms with E-state index in [1.54, 1.807) is 0 Å². The first kappa shape index (κ1) is 16.7. The second-order valence-electron chi connectivity index (χ2n) is 5.50. The lowest BCUT2D eigenvalue weighted by atomic mass is 9.93. The summed E-state index contributed by atoms with van der Waals surface area (Å²) in [5.41, 5.74) is -0.312. The Morgan fingerprint density at radius 2 is 2.11 bits per heavy atom. The van der Waals surface area contributed by atoms with E-state index in [9.17, 15) is 4.79 Å². The molecule has 0 aromatic heterocycles. The monoisotopic (exact) mass is 290 g/mol. The molecule has 0 radical (unpaired) electrons. The van der Waals surface area contributed by atoms with Gasteiger partial charge in [0.05, 0.1) is 18.2 Å². The lowest BCUT2D eigenvalue weighted by Gasteiger charge is -2.26. The fourth-order valence-electron chi connectivity index (χ4n) is 3.08. The van der Waals surface area contributed by atoms with E-state index in [4.69, 9.17) is 4.74 Å². The van der Waals surface area contributed by atoms with Crippen LogP contribution in [0, 0.1) is 0 Å². The summed E-state index contributed by atoms with van der Waals surface area (Å²) in [7, 11) is 0. The summed E-state index contributed by atoms with van der Waals surface area (Å²) >= 11 is 0. The standard InChI is InChI=1S/C14H26N2O2.ClH/c1-2-14(8-5-9-16-14)13(17)15-10-11-18-12-6-3-4-7-12;/h12,16H,2-11H2,1H3,(H,15,17);1H. The smallest absolute Gasteiger partial charge is 0.240 e. The Bertz CT molecular complexity index is 275. The zero-order valence-electron chi connectivity index (χ0n) is 11.9. The van der Waals surface area contributed by atoms with Crippen LogP contribution in [0.15, 0.2) is 0 Å². The topological polar surface area (TPSA) is 50.4 Å². The number of hydrogen-bond acceptors (Lipinski definition) is 3. The van der Waals surface area contributed by atoms with Gasteiger partial charge < -0.3 is 15.4 Å². The summed E-state index contributed by atoms with van der Waals surface area (Å²) < 4.78 is 5.75. The summed E-state index contributed by atoms with van der Waals surface area (Å²) in [4.78, 5) is 12.2. The summed E-state index contributed by atoms with van der Waals surface area (Å²) in [6, 6.07) is 0. The number of halogens is 1. The molecule has 1 atom stereocenters. The summed E-state index contributed by atoms with van der Waals surface area (Å²) in [6.45, 7) is 4.32. The molecule has 5 heteroatoms. The normalized spacial score (nSPS) is 27.2. The van der Waals surface area contributed by atoms with E-state index in [-0.39, 0.29) is 23.9 Å². The molecule has 2 rings (SSSR count). The molecule has 1 heterocycles. The van der Waals surface area contributed by atoms with Crippen LogP contribution in [0.4, 0.5) is 0 Å². The molecule has 1 unspecified atom stereocenters. The molecule has 0 bridgehead atoms. The minimum absolute atomic E-state index is 0. The zero-order valence-corrected chi connectivity index (χ0v) is 12.7. The van der Waals surface area contributed by atoms with Gasteiger partial charge in [0.25, 0.3) is 0 Å². The lowest BCUT2D eigenvalue weighted by molar-refractivity contribution is -0.127. The van der Waals surface area contributed by atoms with Crippen molar-refractivity contribution in [3.63, 3.8) is 0 Å². The number of hydrogen-bond donors (Lipinski definition) is 2. The molecule has 0 spiro atoms. The Labute approximate surface area is 122 Å². The highest BCUT2D eigenvalue weighted by Gasteiger charge is 2.38. The fourth-order valence-corrected chi connectivity index (χ4v) is 3.08. The van der Waals surface area contributed by atoms with Crippen molar-refractivity contribution in [2.45, 2.75) is 63.5 Å². The van der Waals surface area contributed by atoms with Crippen molar-refractivity contribution < 1.29 is 9.53 Å². The van der Waals surface area contributed by atoms with Crippen molar-refractivity contribution in [3.8, 4) is 0 Å². The van der Waals surface area contributed by atoms with Gasteiger partial charge in [-0.05, 0) is 38.6 Å². The Morgan fingerprint density at radius 3 is 2.68 bits per heavy atom. The van der Waals surface area contributed by atoms with Gasteiger partial charge in [0.2, 0.25) is 5.91 Å². The maximum Gasteiger partial charge on any atom is 0.240 e. The van der Waals surface area contributed by atoms with Crippen molar-refractivity contribution in [2.75, 3.05) is 19.7 Å². The average Bonchev–Trinajstić information content (AvgIpc) is 3.05. The third-order valence-electron chi connectivity index (χ3n) is 4.33. The van der Waals surface area contributed by atoms with Gasteiger partial charge in [-0.25, -0.2) is 0 Å². The predicted molar refractivity (Wildman–Crippen MR) is 78.7 cm³/mol. The Kier molecular flexibility index (Phi) is 7.11. The van der Waals surface area contributed by atoms with Crippen LogP contribution in [0.1, 0.15) is 51.9 Å². The third kappa shape index (κ3) is 4.33. The first-order valence-electron chi connectivity index (χ1n) is 7.42. The van der Waals surface area contributed by atoms with Gasteiger partial charge >= 0.3 is 0 Å². The molecule has 1 aliphatic carbocycles. The zero-order chi connectivity index (χ0) is 12.8. The van der Waals surface area contributed by atoms with E-state index in [2.05, 4.69) is 17.6 Å². The second-order valence-corrected chi connectivity index (χ2v) is 5.50. The number of ether oxygens (including phenoxy) is 1. The average molecular weight is 291 g/mol. The molecule has 2 N–H and O–H groups in total. The van der Waals surface area contributed by atoms with Crippen molar-refractivity contribution in [3.05, 3.63) is 0 Å². The molecule has 2 aliphatic rings. The van der Waals surface area contributed by atoms with E-state index < -0.39 is 0 Å². The van der Waals surface area contributed by atoms with E-state index in [1.165, 1.54) is 25.7 Å². The van der Waals surface area contributed by atoms with E-state index in [0.29, 0.717) is 19.3 Å². The lowest BCUT2D eigenvalue weighted by Crippen LogP contribution is -2.53. The molecule has 19 heavy (non-hydrogen) atoms. The van der Waals surface area contributed by atoms with Gasteiger partial charge in [-0.2, -0.15) is 0 Å².